The van der Waals surface area contributed by atoms with Crippen molar-refractivity contribution in [3.63, 3.8) is 0 Å². The zero-order valence-electron chi connectivity index (χ0n) is 26.0. The van der Waals surface area contributed by atoms with E-state index < -0.39 is 37.2 Å². The number of fused-ring (bicyclic) bond motifs is 1. The fourth-order valence-corrected chi connectivity index (χ4v) is 6.00. The number of ether oxygens (including phenoxy) is 2. The van der Waals surface area contributed by atoms with Crippen LogP contribution in [0.4, 0.5) is 14.6 Å². The number of nitrogen functional groups attached to an aromatic ring is 1. The first-order valence-corrected chi connectivity index (χ1v) is 15.9. The van der Waals surface area contributed by atoms with E-state index in [-0.39, 0.29) is 35.0 Å². The summed E-state index contributed by atoms with van der Waals surface area (Å²) in [7, 11) is 0. The second-order valence-corrected chi connectivity index (χ2v) is 12.1. The van der Waals surface area contributed by atoms with Gasteiger partial charge in [-0.15, -0.1) is 0 Å². The molecule has 1 aliphatic heterocycles. The van der Waals surface area contributed by atoms with Crippen LogP contribution in [0.25, 0.3) is 11.2 Å². The van der Waals surface area contributed by atoms with Crippen molar-refractivity contribution in [2.24, 2.45) is 11.7 Å². The van der Waals surface area contributed by atoms with Gasteiger partial charge in [0.15, 0.2) is 17.7 Å². The van der Waals surface area contributed by atoms with Gasteiger partial charge in [0, 0.05) is 13.1 Å². The SMILES string of the molecule is Nc1ncnc2c1ncn2C1OC(C[C@H](CC[C@H](N)C(=O)NCCc2ccc(OC(F)F)c(Cl)c2)CNCc2ccccc2)C(O)C1O. The number of halogens is 3. The van der Waals surface area contributed by atoms with Crippen LogP contribution in [0.15, 0.2) is 61.2 Å². The minimum absolute atomic E-state index is 0.0509. The Kier molecular flexibility index (Phi) is 12.1. The van der Waals surface area contributed by atoms with Gasteiger partial charge in [-0.25, -0.2) is 15.0 Å². The molecule has 258 valence electrons. The van der Waals surface area contributed by atoms with Crippen LogP contribution in [0.2, 0.25) is 5.02 Å². The Morgan fingerprint density at radius 1 is 1.08 bits per heavy atom. The number of benzene rings is 2. The van der Waals surface area contributed by atoms with E-state index in [1.807, 2.05) is 30.3 Å². The van der Waals surface area contributed by atoms with Crippen molar-refractivity contribution in [2.45, 2.75) is 69.4 Å². The Hall–Kier alpha value is -3.99. The van der Waals surface area contributed by atoms with Crippen molar-refractivity contribution in [2.75, 3.05) is 18.8 Å². The van der Waals surface area contributed by atoms with E-state index >= 15 is 0 Å². The molecule has 16 heteroatoms. The van der Waals surface area contributed by atoms with E-state index in [1.165, 1.54) is 29.4 Å². The number of aromatic nitrogens is 4. The van der Waals surface area contributed by atoms with Crippen LogP contribution in [0, 0.1) is 5.92 Å². The monoisotopic (exact) mass is 688 g/mol. The van der Waals surface area contributed by atoms with E-state index in [0.717, 1.165) is 11.1 Å². The lowest BCUT2D eigenvalue weighted by Gasteiger charge is -2.24. The Bertz CT molecular complexity index is 1650. The number of imidazole rings is 1. The Balaban J connectivity index is 1.17. The normalized spacial score (nSPS) is 20.6. The van der Waals surface area contributed by atoms with Crippen molar-refractivity contribution < 1.29 is 33.3 Å². The molecule has 13 nitrogen and oxygen atoms in total. The lowest BCUT2D eigenvalue weighted by atomic mass is 9.91. The molecule has 1 aliphatic rings. The van der Waals surface area contributed by atoms with Crippen LogP contribution in [0.3, 0.4) is 0 Å². The first kappa shape index (κ1) is 35.3. The molecule has 0 saturated carbocycles. The highest BCUT2D eigenvalue weighted by Gasteiger charge is 2.45. The summed E-state index contributed by atoms with van der Waals surface area (Å²) in [5.74, 6) is -0.346. The highest BCUT2D eigenvalue weighted by atomic mass is 35.5. The predicted octanol–water partition coefficient (Wildman–Crippen LogP) is 2.55. The maximum Gasteiger partial charge on any atom is 0.387 e. The molecule has 8 N–H and O–H groups in total. The van der Waals surface area contributed by atoms with Gasteiger partial charge in [0.05, 0.1) is 23.5 Å². The number of aliphatic hydroxyl groups is 2. The lowest BCUT2D eigenvalue weighted by Crippen LogP contribution is -2.42. The van der Waals surface area contributed by atoms with E-state index in [1.54, 1.807) is 6.07 Å². The molecule has 4 unspecified atom stereocenters. The fraction of sp³-hybridized carbons (Fsp3) is 0.438. The molecule has 0 aliphatic carbocycles. The molecule has 1 fully saturated rings. The van der Waals surface area contributed by atoms with Crippen LogP contribution in [0.1, 0.15) is 36.6 Å². The molecule has 1 saturated heterocycles. The number of aliphatic hydroxyl groups excluding tert-OH is 2. The van der Waals surface area contributed by atoms with E-state index in [4.69, 9.17) is 27.8 Å². The summed E-state index contributed by atoms with van der Waals surface area (Å²) < 4.78 is 37.1. The van der Waals surface area contributed by atoms with Gasteiger partial charge in [-0.05, 0) is 61.4 Å². The summed E-state index contributed by atoms with van der Waals surface area (Å²) in [5, 5.41) is 28.3. The molecule has 0 radical (unpaired) electrons. The smallest absolute Gasteiger partial charge is 0.387 e. The average Bonchev–Trinajstić information content (AvgIpc) is 3.62. The molecule has 48 heavy (non-hydrogen) atoms. The molecule has 0 spiro atoms. The second kappa shape index (κ2) is 16.4. The Morgan fingerprint density at radius 3 is 2.62 bits per heavy atom. The van der Waals surface area contributed by atoms with E-state index in [9.17, 15) is 23.8 Å². The molecule has 1 amide bonds. The highest BCUT2D eigenvalue weighted by Crippen LogP contribution is 2.35. The zero-order valence-corrected chi connectivity index (χ0v) is 26.7. The van der Waals surface area contributed by atoms with Crippen LogP contribution in [0.5, 0.6) is 5.75 Å². The number of hydrogen-bond donors (Lipinski definition) is 6. The maximum absolute atomic E-state index is 12.8. The van der Waals surface area contributed by atoms with Gasteiger partial charge in [-0.2, -0.15) is 8.78 Å². The Morgan fingerprint density at radius 2 is 1.88 bits per heavy atom. The summed E-state index contributed by atoms with van der Waals surface area (Å²) in [6, 6.07) is 13.6. The van der Waals surface area contributed by atoms with Crippen molar-refractivity contribution >= 4 is 34.5 Å². The summed E-state index contributed by atoms with van der Waals surface area (Å²) >= 11 is 6.02. The maximum atomic E-state index is 12.8. The van der Waals surface area contributed by atoms with Crippen molar-refractivity contribution in [3.05, 3.63) is 77.3 Å². The third-order valence-corrected chi connectivity index (χ3v) is 8.61. The van der Waals surface area contributed by atoms with Crippen molar-refractivity contribution in [1.82, 2.24) is 30.2 Å². The average molecular weight is 689 g/mol. The number of amides is 1. The van der Waals surface area contributed by atoms with Gasteiger partial charge < -0.3 is 41.8 Å². The lowest BCUT2D eigenvalue weighted by molar-refractivity contribution is -0.122. The minimum atomic E-state index is -2.98. The fourth-order valence-electron chi connectivity index (χ4n) is 5.76. The van der Waals surface area contributed by atoms with Gasteiger partial charge in [0.25, 0.3) is 0 Å². The number of nitrogens with two attached hydrogens (primary N) is 2. The number of rotatable bonds is 16. The second-order valence-electron chi connectivity index (χ2n) is 11.7. The number of alkyl halides is 2. The largest absolute Gasteiger partial charge is 0.433 e. The van der Waals surface area contributed by atoms with Gasteiger partial charge in [-0.1, -0.05) is 48.0 Å². The molecule has 4 aromatic rings. The Labute approximate surface area is 280 Å². The summed E-state index contributed by atoms with van der Waals surface area (Å²) in [4.78, 5) is 25.2. The molecule has 6 atom stereocenters. The van der Waals surface area contributed by atoms with Crippen molar-refractivity contribution in [3.8, 4) is 5.75 Å². The summed E-state index contributed by atoms with van der Waals surface area (Å²) in [6.45, 7) is -1.56. The molecular formula is C32H39ClF2N8O5. The van der Waals surface area contributed by atoms with Crippen LogP contribution < -0.4 is 26.8 Å². The third kappa shape index (κ3) is 8.92. The minimum Gasteiger partial charge on any atom is -0.433 e. The van der Waals surface area contributed by atoms with Crippen LogP contribution in [-0.4, -0.2) is 79.7 Å². The zero-order chi connectivity index (χ0) is 34.2. The molecule has 3 heterocycles. The molecular weight excluding hydrogens is 650 g/mol. The summed E-state index contributed by atoms with van der Waals surface area (Å²) in [6.07, 6.45) is 0.292. The number of anilines is 1. The van der Waals surface area contributed by atoms with Gasteiger partial charge >= 0.3 is 6.61 Å². The topological polar surface area (TPSA) is 196 Å². The molecule has 5 rings (SSSR count). The van der Waals surface area contributed by atoms with E-state index in [0.29, 0.717) is 49.9 Å². The van der Waals surface area contributed by atoms with Crippen LogP contribution in [-0.2, 0) is 22.5 Å². The van der Waals surface area contributed by atoms with E-state index in [2.05, 4.69) is 30.3 Å². The van der Waals surface area contributed by atoms with Gasteiger partial charge in [0.2, 0.25) is 5.91 Å². The molecule has 2 aromatic heterocycles. The highest BCUT2D eigenvalue weighted by molar-refractivity contribution is 6.32. The molecule has 2 aromatic carbocycles. The number of nitrogens with one attached hydrogen (secondary N) is 2. The number of hydrogen-bond acceptors (Lipinski definition) is 11. The first-order valence-electron chi connectivity index (χ1n) is 15.6. The molecule has 0 bridgehead atoms. The quantitative estimate of drug-likeness (QED) is 0.101. The standard InChI is InChI=1S/C32H39ClF2N8O5/c33-21-12-18(7-9-23(21)48-32(34)35)10-11-39-30(46)22(36)8-6-20(15-38-14-19-4-2-1-3-5-19)13-24-26(44)27(45)31(47-24)43-17-42-25-28(37)40-16-41-29(25)43/h1-5,7,9,12,16-17,20,22,24,26-27,31-32,38,44-45H,6,8,10-11,13-15,36H2,(H,39,46)(H2,37,40,41)/t20-,22-,24?,26?,27?,31?/m0/s1. The predicted molar refractivity (Wildman–Crippen MR) is 174 cm³/mol. The van der Waals surface area contributed by atoms with Gasteiger partial charge in [-0.3, -0.25) is 9.36 Å². The third-order valence-electron chi connectivity index (χ3n) is 8.32. The van der Waals surface area contributed by atoms with Crippen molar-refractivity contribution in [1.29, 1.82) is 0 Å². The van der Waals surface area contributed by atoms with Gasteiger partial charge in [0.1, 0.15) is 29.8 Å². The number of carbonyl (C=O) groups excluding carboxylic acids is 1. The van der Waals surface area contributed by atoms with Crippen LogP contribution >= 0.6 is 11.6 Å². The number of nitrogens with zero attached hydrogens (tertiary/aromatic N) is 4. The first-order chi connectivity index (χ1) is 23.1. The number of carbonyl (C=O) groups is 1. The summed E-state index contributed by atoms with van der Waals surface area (Å²) in [5.41, 5.74) is 14.8.